The average Bonchev–Trinajstić information content (AvgIpc) is 2.44. The summed E-state index contributed by atoms with van der Waals surface area (Å²) in [6, 6.07) is 10.2. The van der Waals surface area contributed by atoms with Crippen molar-refractivity contribution in [2.45, 2.75) is 6.42 Å². The Morgan fingerprint density at radius 3 is 2.52 bits per heavy atom. The Morgan fingerprint density at radius 2 is 1.90 bits per heavy atom. The summed E-state index contributed by atoms with van der Waals surface area (Å²) in [4.78, 5) is 12.1. The largest absolute Gasteiger partial charge is 0.494 e. The second-order valence-corrected chi connectivity index (χ2v) is 5.28. The summed E-state index contributed by atoms with van der Waals surface area (Å²) in [5, 5.41) is 3.69. The second kappa shape index (κ2) is 6.70. The summed E-state index contributed by atoms with van der Waals surface area (Å²) < 4.78 is 5.18. The van der Waals surface area contributed by atoms with E-state index in [9.17, 15) is 4.79 Å². The lowest BCUT2D eigenvalue weighted by molar-refractivity contribution is -0.115. The topological polar surface area (TPSA) is 64.3 Å². The van der Waals surface area contributed by atoms with E-state index in [0.717, 1.165) is 5.56 Å². The van der Waals surface area contributed by atoms with Gasteiger partial charge in [-0.3, -0.25) is 4.79 Å². The number of nitrogens with two attached hydrogens (primary N) is 1. The monoisotopic (exact) mass is 324 g/mol. The third kappa shape index (κ3) is 4.03. The molecule has 6 heteroatoms. The van der Waals surface area contributed by atoms with Crippen molar-refractivity contribution >= 4 is 40.5 Å². The second-order valence-electron chi connectivity index (χ2n) is 4.43. The number of halogens is 2. The van der Waals surface area contributed by atoms with E-state index in [1.807, 2.05) is 0 Å². The highest BCUT2D eigenvalue weighted by Gasteiger charge is 2.13. The zero-order valence-corrected chi connectivity index (χ0v) is 12.8. The number of ether oxygens (including phenoxy) is 1. The van der Waals surface area contributed by atoms with E-state index in [2.05, 4.69) is 5.32 Å². The third-order valence-electron chi connectivity index (χ3n) is 2.84. The fraction of sp³-hybridized carbons (Fsp3) is 0.133. The van der Waals surface area contributed by atoms with Crippen LogP contribution in [0.15, 0.2) is 36.4 Å². The van der Waals surface area contributed by atoms with Crippen LogP contribution in [0.2, 0.25) is 10.0 Å². The first-order valence-electron chi connectivity index (χ1n) is 6.17. The molecule has 2 aromatic rings. The standard InChI is InChI=1S/C15H14Cl2N2O2/c1-21-13-8-11(18)7-12(17)15(13)19-14(20)6-9-2-4-10(16)5-3-9/h2-5,7-8H,6,18H2,1H3,(H,19,20). The van der Waals surface area contributed by atoms with E-state index in [-0.39, 0.29) is 12.3 Å². The lowest BCUT2D eigenvalue weighted by Gasteiger charge is -2.13. The first-order valence-corrected chi connectivity index (χ1v) is 6.92. The Hall–Kier alpha value is -1.91. The molecule has 2 rings (SSSR count). The van der Waals surface area contributed by atoms with Crippen LogP contribution in [-0.2, 0) is 11.2 Å². The highest BCUT2D eigenvalue weighted by molar-refractivity contribution is 6.34. The summed E-state index contributed by atoms with van der Waals surface area (Å²) in [6.07, 6.45) is 0.209. The van der Waals surface area contributed by atoms with Gasteiger partial charge in [0.2, 0.25) is 5.91 Å². The summed E-state index contributed by atoms with van der Waals surface area (Å²) in [5.41, 5.74) is 7.41. The quantitative estimate of drug-likeness (QED) is 0.841. The number of carbonyl (C=O) groups is 1. The summed E-state index contributed by atoms with van der Waals surface area (Å²) in [7, 11) is 1.49. The number of hydrogen-bond donors (Lipinski definition) is 2. The molecule has 0 saturated carbocycles. The number of methoxy groups -OCH3 is 1. The Kier molecular flexibility index (Phi) is 4.94. The van der Waals surface area contributed by atoms with Gasteiger partial charge < -0.3 is 15.8 Å². The molecular weight excluding hydrogens is 311 g/mol. The molecule has 0 spiro atoms. The van der Waals surface area contributed by atoms with Crippen LogP contribution in [0.5, 0.6) is 5.75 Å². The molecule has 0 radical (unpaired) electrons. The van der Waals surface area contributed by atoms with E-state index >= 15 is 0 Å². The highest BCUT2D eigenvalue weighted by Crippen LogP contribution is 2.35. The minimum absolute atomic E-state index is 0.206. The van der Waals surface area contributed by atoms with Crippen LogP contribution in [0, 0.1) is 0 Å². The summed E-state index contributed by atoms with van der Waals surface area (Å²) >= 11 is 11.9. The minimum atomic E-state index is -0.206. The molecule has 0 saturated heterocycles. The maximum absolute atomic E-state index is 12.1. The van der Waals surface area contributed by atoms with Crippen molar-refractivity contribution in [1.29, 1.82) is 0 Å². The highest BCUT2D eigenvalue weighted by atomic mass is 35.5. The number of nitrogens with one attached hydrogen (secondary N) is 1. The Bertz CT molecular complexity index is 657. The molecule has 0 aromatic heterocycles. The maximum Gasteiger partial charge on any atom is 0.228 e. The van der Waals surface area contributed by atoms with Crippen molar-refractivity contribution in [3.05, 3.63) is 52.0 Å². The number of anilines is 2. The number of benzene rings is 2. The van der Waals surface area contributed by atoms with Crippen LogP contribution in [-0.4, -0.2) is 13.0 Å². The van der Waals surface area contributed by atoms with Crippen molar-refractivity contribution in [1.82, 2.24) is 0 Å². The van der Waals surface area contributed by atoms with Crippen LogP contribution < -0.4 is 15.8 Å². The van der Waals surface area contributed by atoms with E-state index in [4.69, 9.17) is 33.7 Å². The van der Waals surface area contributed by atoms with Crippen LogP contribution >= 0.6 is 23.2 Å². The first-order chi connectivity index (χ1) is 9.99. The normalized spacial score (nSPS) is 10.2. The average molecular weight is 325 g/mol. The van der Waals surface area contributed by atoms with Crippen molar-refractivity contribution in [2.24, 2.45) is 0 Å². The Labute approximate surface area is 132 Å². The zero-order chi connectivity index (χ0) is 15.4. The number of hydrogen-bond acceptors (Lipinski definition) is 3. The third-order valence-corrected chi connectivity index (χ3v) is 3.39. The van der Waals surface area contributed by atoms with Gasteiger partial charge in [0.15, 0.2) is 0 Å². The molecule has 0 aliphatic rings. The first kappa shape index (κ1) is 15.5. The van der Waals surface area contributed by atoms with Crippen LogP contribution in [0.25, 0.3) is 0 Å². The molecule has 3 N–H and O–H groups in total. The Morgan fingerprint density at radius 1 is 1.24 bits per heavy atom. The summed E-state index contributed by atoms with van der Waals surface area (Å²) in [5.74, 6) is 0.215. The zero-order valence-electron chi connectivity index (χ0n) is 11.3. The lowest BCUT2D eigenvalue weighted by Crippen LogP contribution is -2.15. The van der Waals surface area contributed by atoms with Crippen LogP contribution in [0.4, 0.5) is 11.4 Å². The van der Waals surface area contributed by atoms with E-state index in [1.165, 1.54) is 7.11 Å². The van der Waals surface area contributed by atoms with Crippen LogP contribution in [0.1, 0.15) is 5.56 Å². The number of amides is 1. The van der Waals surface area contributed by atoms with Gasteiger partial charge in [0.05, 0.1) is 18.6 Å². The minimum Gasteiger partial charge on any atom is -0.494 e. The molecule has 0 aliphatic heterocycles. The molecule has 2 aromatic carbocycles. The van der Waals surface area contributed by atoms with E-state index in [0.29, 0.717) is 27.2 Å². The molecule has 0 heterocycles. The van der Waals surface area contributed by atoms with Gasteiger partial charge in [-0.15, -0.1) is 0 Å². The maximum atomic E-state index is 12.1. The van der Waals surface area contributed by atoms with Gasteiger partial charge >= 0.3 is 0 Å². The SMILES string of the molecule is COc1cc(N)cc(Cl)c1NC(=O)Cc1ccc(Cl)cc1. The smallest absolute Gasteiger partial charge is 0.228 e. The molecule has 21 heavy (non-hydrogen) atoms. The van der Waals surface area contributed by atoms with Gasteiger partial charge in [-0.2, -0.15) is 0 Å². The van der Waals surface area contributed by atoms with Crippen molar-refractivity contribution < 1.29 is 9.53 Å². The predicted molar refractivity (Wildman–Crippen MR) is 86.2 cm³/mol. The molecule has 0 aliphatic carbocycles. The molecule has 0 bridgehead atoms. The number of nitrogen functional groups attached to an aromatic ring is 1. The molecule has 0 fully saturated rings. The van der Waals surface area contributed by atoms with Crippen LogP contribution in [0.3, 0.4) is 0 Å². The molecule has 0 atom stereocenters. The van der Waals surface area contributed by atoms with Gasteiger partial charge in [-0.05, 0) is 23.8 Å². The van der Waals surface area contributed by atoms with Crippen molar-refractivity contribution in [3.8, 4) is 5.75 Å². The van der Waals surface area contributed by atoms with Crippen molar-refractivity contribution in [2.75, 3.05) is 18.2 Å². The fourth-order valence-corrected chi connectivity index (χ4v) is 2.25. The van der Waals surface area contributed by atoms with E-state index < -0.39 is 0 Å². The van der Waals surface area contributed by atoms with Crippen molar-refractivity contribution in [3.63, 3.8) is 0 Å². The van der Waals surface area contributed by atoms with Gasteiger partial charge in [-0.25, -0.2) is 0 Å². The molecular formula is C15H14Cl2N2O2. The van der Waals surface area contributed by atoms with Gasteiger partial charge in [-0.1, -0.05) is 35.3 Å². The number of rotatable bonds is 4. The van der Waals surface area contributed by atoms with E-state index in [1.54, 1.807) is 36.4 Å². The molecule has 110 valence electrons. The Balaban J connectivity index is 2.14. The van der Waals surface area contributed by atoms with Gasteiger partial charge in [0, 0.05) is 16.8 Å². The van der Waals surface area contributed by atoms with Gasteiger partial charge in [0.1, 0.15) is 11.4 Å². The molecule has 0 unspecified atom stereocenters. The lowest BCUT2D eigenvalue weighted by atomic mass is 10.1. The molecule has 4 nitrogen and oxygen atoms in total. The fourth-order valence-electron chi connectivity index (χ4n) is 1.85. The predicted octanol–water partition coefficient (Wildman–Crippen LogP) is 3.77. The van der Waals surface area contributed by atoms with Gasteiger partial charge in [0.25, 0.3) is 0 Å². The number of carbonyl (C=O) groups excluding carboxylic acids is 1. The molecule has 1 amide bonds. The summed E-state index contributed by atoms with van der Waals surface area (Å²) in [6.45, 7) is 0.